The van der Waals surface area contributed by atoms with Crippen molar-refractivity contribution in [3.8, 4) is 17.6 Å². The Bertz CT molecular complexity index is 1460. The van der Waals surface area contributed by atoms with Gasteiger partial charge < -0.3 is 14.8 Å². The lowest BCUT2D eigenvalue weighted by Gasteiger charge is -2.11. The number of rotatable bonds is 9. The maximum Gasteiger partial charge on any atom is 0.344 e. The van der Waals surface area contributed by atoms with Crippen LogP contribution in [0.25, 0.3) is 6.08 Å². The van der Waals surface area contributed by atoms with Crippen molar-refractivity contribution in [1.82, 2.24) is 5.32 Å². The average Bonchev–Trinajstić information content (AvgIpc) is 2.91. The monoisotopic (exact) mass is 516 g/mol. The number of nitrogens with one attached hydrogen (secondary N) is 1. The highest BCUT2D eigenvalue weighted by molar-refractivity contribution is 6.01. The fraction of sp³-hybridized carbons (Fsp3) is 0.115. The number of nitro groups is 2. The zero-order valence-corrected chi connectivity index (χ0v) is 20.2. The van der Waals surface area contributed by atoms with Crippen LogP contribution < -0.4 is 14.8 Å². The first-order chi connectivity index (χ1) is 18.1. The van der Waals surface area contributed by atoms with Gasteiger partial charge in [0.2, 0.25) is 0 Å². The number of ether oxygens (including phenoxy) is 2. The van der Waals surface area contributed by atoms with E-state index >= 15 is 0 Å². The molecule has 0 fully saturated rings. The molecular formula is C26H20N4O8. The van der Waals surface area contributed by atoms with Crippen LogP contribution in [0.3, 0.4) is 0 Å². The Morgan fingerprint density at radius 3 is 2.18 bits per heavy atom. The van der Waals surface area contributed by atoms with Gasteiger partial charge in [0.1, 0.15) is 17.2 Å². The summed E-state index contributed by atoms with van der Waals surface area (Å²) >= 11 is 0. The van der Waals surface area contributed by atoms with Gasteiger partial charge in [-0.2, -0.15) is 5.26 Å². The molecule has 0 unspecified atom stereocenters. The Morgan fingerprint density at radius 1 is 1.00 bits per heavy atom. The van der Waals surface area contributed by atoms with Crippen molar-refractivity contribution in [1.29, 1.82) is 5.26 Å². The first-order valence-electron chi connectivity index (χ1n) is 10.9. The molecule has 3 rings (SSSR count). The molecule has 0 saturated heterocycles. The van der Waals surface area contributed by atoms with E-state index in [1.54, 1.807) is 0 Å². The van der Waals surface area contributed by atoms with Crippen LogP contribution in [0.2, 0.25) is 0 Å². The van der Waals surface area contributed by atoms with Gasteiger partial charge in [0.15, 0.2) is 11.5 Å². The van der Waals surface area contributed by atoms with Crippen molar-refractivity contribution in [2.75, 3.05) is 7.11 Å². The van der Waals surface area contributed by atoms with Gasteiger partial charge in [-0.05, 0) is 36.3 Å². The number of esters is 1. The Morgan fingerprint density at radius 2 is 1.63 bits per heavy atom. The van der Waals surface area contributed by atoms with Crippen LogP contribution in [0.1, 0.15) is 27.0 Å². The van der Waals surface area contributed by atoms with Crippen LogP contribution in [0, 0.1) is 38.5 Å². The fourth-order valence-electron chi connectivity index (χ4n) is 3.39. The second kappa shape index (κ2) is 11.9. The van der Waals surface area contributed by atoms with E-state index in [-0.39, 0.29) is 29.2 Å². The number of hydrogen-bond acceptors (Lipinski definition) is 9. The second-order valence-electron chi connectivity index (χ2n) is 7.79. The highest BCUT2D eigenvalue weighted by Gasteiger charge is 2.26. The third kappa shape index (κ3) is 6.35. The van der Waals surface area contributed by atoms with E-state index in [0.717, 1.165) is 17.7 Å². The number of methoxy groups -OCH3 is 1. The van der Waals surface area contributed by atoms with Gasteiger partial charge >= 0.3 is 5.97 Å². The number of nitriles is 1. The molecule has 0 atom stereocenters. The molecule has 1 amide bonds. The Balaban J connectivity index is 1.83. The standard InChI is InChI=1S/C26H20N4O8/c1-16-21(29(33)34)12-19(13-22(16)30(35)36)26(32)38-23-9-8-18(11-24(23)37-2)10-20(14-27)25(31)28-15-17-6-4-3-5-7-17/h3-13H,15H2,1-2H3,(H,28,31)/b20-10+. The molecule has 0 radical (unpaired) electrons. The largest absolute Gasteiger partial charge is 0.493 e. The van der Waals surface area contributed by atoms with E-state index < -0.39 is 38.7 Å². The van der Waals surface area contributed by atoms with E-state index in [2.05, 4.69) is 5.32 Å². The van der Waals surface area contributed by atoms with Gasteiger partial charge in [0.05, 0.1) is 22.5 Å². The number of carbonyl (C=O) groups is 2. The topological polar surface area (TPSA) is 175 Å². The van der Waals surface area contributed by atoms with Crippen molar-refractivity contribution in [2.24, 2.45) is 0 Å². The third-order valence-electron chi connectivity index (χ3n) is 5.34. The van der Waals surface area contributed by atoms with Crippen LogP contribution in [0.15, 0.2) is 66.2 Å². The van der Waals surface area contributed by atoms with E-state index in [0.29, 0.717) is 5.56 Å². The van der Waals surface area contributed by atoms with Gasteiger partial charge in [0, 0.05) is 18.7 Å². The number of carbonyl (C=O) groups excluding carboxylic acids is 2. The van der Waals surface area contributed by atoms with Gasteiger partial charge in [-0.15, -0.1) is 0 Å². The van der Waals surface area contributed by atoms with Crippen LogP contribution in [0.4, 0.5) is 11.4 Å². The van der Waals surface area contributed by atoms with Crippen LogP contribution in [0.5, 0.6) is 11.5 Å². The molecule has 0 aromatic heterocycles. The molecule has 12 heteroatoms. The summed E-state index contributed by atoms with van der Waals surface area (Å²) in [6.45, 7) is 1.43. The van der Waals surface area contributed by atoms with Crippen LogP contribution >= 0.6 is 0 Å². The molecule has 0 bridgehead atoms. The lowest BCUT2D eigenvalue weighted by atomic mass is 10.1. The summed E-state index contributed by atoms with van der Waals surface area (Å²) in [5.41, 5.74) is -0.744. The Hall–Kier alpha value is -5.57. The van der Waals surface area contributed by atoms with Crippen molar-refractivity contribution < 1.29 is 28.9 Å². The first-order valence-corrected chi connectivity index (χ1v) is 10.9. The predicted molar refractivity (Wildman–Crippen MR) is 134 cm³/mol. The summed E-state index contributed by atoms with van der Waals surface area (Å²) in [5, 5.41) is 34.7. The molecule has 0 aliphatic carbocycles. The smallest absolute Gasteiger partial charge is 0.344 e. The van der Waals surface area contributed by atoms with Gasteiger partial charge in [-0.1, -0.05) is 36.4 Å². The summed E-state index contributed by atoms with van der Waals surface area (Å²) < 4.78 is 10.5. The normalized spacial score (nSPS) is 10.7. The van der Waals surface area contributed by atoms with Crippen LogP contribution in [-0.2, 0) is 11.3 Å². The van der Waals surface area contributed by atoms with E-state index in [9.17, 15) is 35.1 Å². The van der Waals surface area contributed by atoms with E-state index in [4.69, 9.17) is 9.47 Å². The molecule has 0 saturated carbocycles. The Kier molecular flexibility index (Phi) is 8.47. The maximum absolute atomic E-state index is 12.7. The number of benzene rings is 3. The number of nitrogens with zero attached hydrogens (tertiary/aromatic N) is 3. The fourth-order valence-corrected chi connectivity index (χ4v) is 3.39. The minimum absolute atomic E-state index is 0.0465. The molecular weight excluding hydrogens is 496 g/mol. The molecule has 0 aliphatic heterocycles. The SMILES string of the molecule is COc1cc(/C=C(\C#N)C(=O)NCc2ccccc2)ccc1OC(=O)c1cc([N+](=O)[O-])c(C)c([N+](=O)[O-])c1. The van der Waals surface area contributed by atoms with E-state index in [1.165, 1.54) is 38.3 Å². The lowest BCUT2D eigenvalue weighted by Crippen LogP contribution is -2.23. The van der Waals surface area contributed by atoms with Crippen LogP contribution in [-0.4, -0.2) is 28.8 Å². The summed E-state index contributed by atoms with van der Waals surface area (Å²) in [4.78, 5) is 46.1. The van der Waals surface area contributed by atoms with Gasteiger partial charge in [-0.3, -0.25) is 25.0 Å². The highest BCUT2D eigenvalue weighted by atomic mass is 16.6. The Labute approximate surface area is 216 Å². The molecule has 3 aromatic rings. The quantitative estimate of drug-likeness (QED) is 0.109. The third-order valence-corrected chi connectivity index (χ3v) is 5.34. The predicted octanol–water partition coefficient (Wildman–Crippen LogP) is 4.26. The van der Waals surface area contributed by atoms with Crippen molar-refractivity contribution in [3.63, 3.8) is 0 Å². The lowest BCUT2D eigenvalue weighted by molar-refractivity contribution is -0.395. The molecule has 1 N–H and O–H groups in total. The van der Waals surface area contributed by atoms with Gasteiger partial charge in [0.25, 0.3) is 17.3 Å². The molecule has 3 aromatic carbocycles. The summed E-state index contributed by atoms with van der Waals surface area (Å²) in [7, 11) is 1.29. The molecule has 0 spiro atoms. The molecule has 0 aliphatic rings. The highest BCUT2D eigenvalue weighted by Crippen LogP contribution is 2.32. The second-order valence-corrected chi connectivity index (χ2v) is 7.79. The number of amides is 1. The number of hydrogen-bond donors (Lipinski definition) is 1. The van der Waals surface area contributed by atoms with Crippen molar-refractivity contribution >= 4 is 29.3 Å². The minimum atomic E-state index is -1.09. The average molecular weight is 516 g/mol. The first kappa shape index (κ1) is 27.0. The zero-order valence-electron chi connectivity index (χ0n) is 20.2. The maximum atomic E-state index is 12.7. The minimum Gasteiger partial charge on any atom is -0.493 e. The molecule has 38 heavy (non-hydrogen) atoms. The van der Waals surface area contributed by atoms with Crippen molar-refractivity contribution in [2.45, 2.75) is 13.5 Å². The van der Waals surface area contributed by atoms with E-state index in [1.807, 2.05) is 36.4 Å². The molecule has 0 heterocycles. The zero-order chi connectivity index (χ0) is 27.8. The molecule has 192 valence electrons. The number of nitro benzene ring substituents is 2. The summed E-state index contributed by atoms with van der Waals surface area (Å²) in [6, 6.07) is 17.0. The van der Waals surface area contributed by atoms with Gasteiger partial charge in [-0.25, -0.2) is 4.79 Å². The van der Waals surface area contributed by atoms with Crippen molar-refractivity contribution in [3.05, 3.63) is 109 Å². The summed E-state index contributed by atoms with van der Waals surface area (Å²) in [6.07, 6.45) is 1.32. The summed E-state index contributed by atoms with van der Waals surface area (Å²) in [5.74, 6) is -1.72. The molecule has 12 nitrogen and oxygen atoms in total.